The van der Waals surface area contributed by atoms with E-state index < -0.39 is 5.97 Å². The van der Waals surface area contributed by atoms with Crippen molar-refractivity contribution < 1.29 is 9.53 Å². The molecular formula is C12H14ClN5O2S2. The number of carbonyl (C=O) groups is 1. The first-order chi connectivity index (χ1) is 10.7. The molecule has 0 bridgehead atoms. The van der Waals surface area contributed by atoms with Gasteiger partial charge < -0.3 is 4.74 Å². The number of hydrogen-bond donors (Lipinski definition) is 0. The smallest absolute Gasteiger partial charge is 0.351 e. The number of thiazole rings is 1. The third-order valence-corrected chi connectivity index (χ3v) is 5.93. The molecule has 0 saturated heterocycles. The Hall–Kier alpha value is -1.19. The van der Waals surface area contributed by atoms with Gasteiger partial charge >= 0.3 is 5.97 Å². The van der Waals surface area contributed by atoms with Gasteiger partial charge in [0.15, 0.2) is 14.4 Å². The lowest BCUT2D eigenvalue weighted by molar-refractivity contribution is 0.0606. The minimum atomic E-state index is -0.485. The summed E-state index contributed by atoms with van der Waals surface area (Å²) in [5.41, 5.74) is 0. The third kappa shape index (κ3) is 3.26. The van der Waals surface area contributed by atoms with E-state index in [0.717, 1.165) is 12.8 Å². The fourth-order valence-corrected chi connectivity index (χ4v) is 4.71. The summed E-state index contributed by atoms with van der Waals surface area (Å²) in [5.74, 6) is -0.485. The van der Waals surface area contributed by atoms with Crippen molar-refractivity contribution in [3.05, 3.63) is 10.0 Å². The lowest BCUT2D eigenvalue weighted by Crippen LogP contribution is -2.15. The Labute approximate surface area is 140 Å². The number of ether oxygens (including phenoxy) is 1. The van der Waals surface area contributed by atoms with Crippen LogP contribution in [0, 0.1) is 0 Å². The van der Waals surface area contributed by atoms with E-state index in [1.165, 1.54) is 49.5 Å². The Balaban J connectivity index is 1.79. The van der Waals surface area contributed by atoms with Crippen molar-refractivity contribution in [2.45, 2.75) is 47.6 Å². The van der Waals surface area contributed by atoms with Gasteiger partial charge in [0.05, 0.1) is 13.2 Å². The number of esters is 1. The van der Waals surface area contributed by atoms with E-state index in [0.29, 0.717) is 20.4 Å². The molecule has 118 valence electrons. The van der Waals surface area contributed by atoms with Crippen LogP contribution in [0.1, 0.15) is 47.8 Å². The summed E-state index contributed by atoms with van der Waals surface area (Å²) >= 11 is 8.48. The molecule has 0 atom stereocenters. The number of halogens is 1. The Morgan fingerprint density at radius 1 is 1.41 bits per heavy atom. The largest absolute Gasteiger partial charge is 0.465 e. The van der Waals surface area contributed by atoms with Crippen LogP contribution >= 0.6 is 34.7 Å². The van der Waals surface area contributed by atoms with Gasteiger partial charge in [0.1, 0.15) is 0 Å². The predicted molar refractivity (Wildman–Crippen MR) is 82.5 cm³/mol. The predicted octanol–water partition coefficient (Wildman–Crippen LogP) is 3.23. The van der Waals surface area contributed by atoms with Crippen LogP contribution in [0.3, 0.4) is 0 Å². The van der Waals surface area contributed by atoms with Crippen molar-refractivity contribution in [2.24, 2.45) is 0 Å². The lowest BCUT2D eigenvalue weighted by atomic mass is 9.96. The molecule has 1 fully saturated rings. The van der Waals surface area contributed by atoms with Gasteiger partial charge in [-0.05, 0) is 35.0 Å². The molecule has 0 radical (unpaired) electrons. The van der Waals surface area contributed by atoms with E-state index in [4.69, 9.17) is 11.6 Å². The molecule has 1 aliphatic carbocycles. The van der Waals surface area contributed by atoms with Gasteiger partial charge in [-0.15, -0.1) is 5.10 Å². The zero-order valence-electron chi connectivity index (χ0n) is 11.9. The van der Waals surface area contributed by atoms with Gasteiger partial charge in [0, 0.05) is 0 Å². The van der Waals surface area contributed by atoms with E-state index >= 15 is 0 Å². The summed E-state index contributed by atoms with van der Waals surface area (Å²) < 4.78 is 7.16. The molecule has 0 spiro atoms. The second kappa shape index (κ2) is 6.93. The van der Waals surface area contributed by atoms with E-state index in [2.05, 4.69) is 25.2 Å². The SMILES string of the molecule is COC(=O)c1sc(Sc2nnnn2C2CCCCC2)nc1Cl. The van der Waals surface area contributed by atoms with Gasteiger partial charge in [0.2, 0.25) is 5.16 Å². The van der Waals surface area contributed by atoms with Crippen molar-refractivity contribution in [3.8, 4) is 0 Å². The van der Waals surface area contributed by atoms with Crippen LogP contribution in [-0.2, 0) is 4.74 Å². The molecule has 0 aliphatic heterocycles. The normalized spacial score (nSPS) is 15.9. The molecule has 22 heavy (non-hydrogen) atoms. The number of aromatic nitrogens is 5. The number of carbonyl (C=O) groups excluding carboxylic acids is 1. The van der Waals surface area contributed by atoms with Gasteiger partial charge in [0.25, 0.3) is 0 Å². The third-order valence-electron chi connectivity index (χ3n) is 3.50. The number of nitrogens with zero attached hydrogens (tertiary/aromatic N) is 5. The molecule has 1 aliphatic rings. The van der Waals surface area contributed by atoms with E-state index in [-0.39, 0.29) is 5.15 Å². The molecule has 1 saturated carbocycles. The van der Waals surface area contributed by atoms with Gasteiger partial charge in [-0.25, -0.2) is 14.5 Å². The maximum absolute atomic E-state index is 11.6. The number of tetrazole rings is 1. The highest BCUT2D eigenvalue weighted by molar-refractivity contribution is 8.00. The molecule has 7 nitrogen and oxygen atoms in total. The second-order valence-corrected chi connectivity index (χ2v) is 7.46. The van der Waals surface area contributed by atoms with Gasteiger partial charge in [-0.2, -0.15) is 0 Å². The fourth-order valence-electron chi connectivity index (χ4n) is 2.43. The van der Waals surface area contributed by atoms with Crippen LogP contribution < -0.4 is 0 Å². The standard InChI is InChI=1S/C12H14ClN5O2S2/c1-20-10(19)8-9(13)14-12(21-8)22-11-15-16-17-18(11)7-5-3-2-4-6-7/h7H,2-6H2,1H3. The Morgan fingerprint density at radius 2 is 2.18 bits per heavy atom. The van der Waals surface area contributed by atoms with Crippen LogP contribution in [0.15, 0.2) is 9.50 Å². The molecule has 2 aromatic heterocycles. The molecule has 0 unspecified atom stereocenters. The number of hydrogen-bond acceptors (Lipinski definition) is 8. The Bertz CT molecular complexity index is 668. The molecular weight excluding hydrogens is 346 g/mol. The molecule has 0 N–H and O–H groups in total. The molecule has 0 aromatic carbocycles. The Morgan fingerprint density at radius 3 is 2.91 bits per heavy atom. The quantitative estimate of drug-likeness (QED) is 0.775. The van der Waals surface area contributed by atoms with Gasteiger partial charge in [-0.1, -0.05) is 42.2 Å². The van der Waals surface area contributed by atoms with Crippen LogP contribution in [0.4, 0.5) is 0 Å². The van der Waals surface area contributed by atoms with Gasteiger partial charge in [-0.3, -0.25) is 0 Å². The number of methoxy groups -OCH3 is 1. The van der Waals surface area contributed by atoms with Crippen LogP contribution in [0.2, 0.25) is 5.15 Å². The minimum absolute atomic E-state index is 0.149. The monoisotopic (exact) mass is 359 g/mol. The van der Waals surface area contributed by atoms with E-state index in [1.54, 1.807) is 0 Å². The second-order valence-electron chi connectivity index (χ2n) is 4.89. The van der Waals surface area contributed by atoms with Crippen molar-refractivity contribution >= 4 is 40.7 Å². The summed E-state index contributed by atoms with van der Waals surface area (Å²) in [6.45, 7) is 0. The lowest BCUT2D eigenvalue weighted by Gasteiger charge is -2.21. The Kier molecular flexibility index (Phi) is 4.94. The first-order valence-electron chi connectivity index (χ1n) is 6.89. The van der Waals surface area contributed by atoms with Crippen LogP contribution in [-0.4, -0.2) is 38.3 Å². The highest BCUT2D eigenvalue weighted by Gasteiger charge is 2.23. The highest BCUT2D eigenvalue weighted by Crippen LogP contribution is 2.36. The van der Waals surface area contributed by atoms with Crippen molar-refractivity contribution in [2.75, 3.05) is 7.11 Å². The first kappa shape index (κ1) is 15.7. The maximum atomic E-state index is 11.6. The van der Waals surface area contributed by atoms with Crippen molar-refractivity contribution in [1.82, 2.24) is 25.2 Å². The average molecular weight is 360 g/mol. The average Bonchev–Trinajstić information content (AvgIpc) is 3.14. The molecule has 10 heteroatoms. The molecule has 0 amide bonds. The zero-order valence-corrected chi connectivity index (χ0v) is 14.2. The van der Waals surface area contributed by atoms with Crippen molar-refractivity contribution in [3.63, 3.8) is 0 Å². The first-order valence-corrected chi connectivity index (χ1v) is 8.90. The zero-order chi connectivity index (χ0) is 15.5. The highest BCUT2D eigenvalue weighted by atomic mass is 35.5. The van der Waals surface area contributed by atoms with Crippen LogP contribution in [0.25, 0.3) is 0 Å². The molecule has 2 aromatic rings. The number of rotatable bonds is 4. The molecule has 3 rings (SSSR count). The molecule has 2 heterocycles. The minimum Gasteiger partial charge on any atom is -0.465 e. The summed E-state index contributed by atoms with van der Waals surface area (Å²) in [6.07, 6.45) is 5.84. The topological polar surface area (TPSA) is 82.8 Å². The van der Waals surface area contributed by atoms with Crippen LogP contribution in [0.5, 0.6) is 0 Å². The maximum Gasteiger partial charge on any atom is 0.351 e. The van der Waals surface area contributed by atoms with E-state index in [1.807, 2.05) is 4.68 Å². The van der Waals surface area contributed by atoms with Crippen molar-refractivity contribution in [1.29, 1.82) is 0 Å². The summed E-state index contributed by atoms with van der Waals surface area (Å²) in [6, 6.07) is 0.335. The summed E-state index contributed by atoms with van der Waals surface area (Å²) in [7, 11) is 1.31. The fraction of sp³-hybridized carbons (Fsp3) is 0.583. The van der Waals surface area contributed by atoms with E-state index in [9.17, 15) is 4.79 Å². The summed E-state index contributed by atoms with van der Waals surface area (Å²) in [4.78, 5) is 16.0. The summed E-state index contributed by atoms with van der Waals surface area (Å²) in [5, 5.41) is 12.8.